The lowest BCUT2D eigenvalue weighted by Gasteiger charge is -2.18. The van der Waals surface area contributed by atoms with E-state index in [4.69, 9.17) is 0 Å². The van der Waals surface area contributed by atoms with Crippen molar-refractivity contribution in [1.82, 2.24) is 15.1 Å². The van der Waals surface area contributed by atoms with Crippen LogP contribution in [-0.2, 0) is 4.79 Å². The number of aromatic nitrogens is 2. The highest BCUT2D eigenvalue weighted by molar-refractivity contribution is 7.98. The van der Waals surface area contributed by atoms with Crippen LogP contribution in [0.15, 0.2) is 58.1 Å². The molecule has 0 fully saturated rings. The number of nitrogens with one attached hydrogen (secondary N) is 1. The molecule has 2 heterocycles. The molecule has 27 heavy (non-hydrogen) atoms. The maximum absolute atomic E-state index is 12.3. The zero-order valence-electron chi connectivity index (χ0n) is 15.7. The second-order valence-electron chi connectivity index (χ2n) is 6.30. The van der Waals surface area contributed by atoms with Crippen LogP contribution < -0.4 is 5.32 Å². The molecule has 140 valence electrons. The Hall–Kier alpha value is -2.31. The predicted octanol–water partition coefficient (Wildman–Crippen LogP) is 4.70. The molecule has 3 aromatic rings. The number of hydrogen-bond acceptors (Lipinski definition) is 4. The van der Waals surface area contributed by atoms with Gasteiger partial charge >= 0.3 is 0 Å². The molecular formula is C21H23N3OS2. The lowest BCUT2D eigenvalue weighted by Crippen LogP contribution is -2.31. The molecule has 1 N–H and O–H groups in total. The molecule has 6 heteroatoms. The predicted molar refractivity (Wildman–Crippen MR) is 114 cm³/mol. The van der Waals surface area contributed by atoms with Crippen LogP contribution in [0.25, 0.3) is 6.08 Å². The van der Waals surface area contributed by atoms with Crippen molar-refractivity contribution in [2.75, 3.05) is 12.8 Å². The number of hydrogen-bond donors (Lipinski definition) is 1. The molecule has 0 saturated heterocycles. The van der Waals surface area contributed by atoms with E-state index in [1.54, 1.807) is 29.2 Å². The third kappa shape index (κ3) is 5.11. The summed E-state index contributed by atoms with van der Waals surface area (Å²) in [6.45, 7) is 4.52. The highest BCUT2D eigenvalue weighted by Gasteiger charge is 2.18. The molecule has 1 aromatic carbocycles. The molecule has 0 saturated carbocycles. The summed E-state index contributed by atoms with van der Waals surface area (Å²) >= 11 is 3.35. The molecule has 0 aliphatic carbocycles. The molecule has 2 aromatic heterocycles. The van der Waals surface area contributed by atoms with Gasteiger partial charge in [-0.2, -0.15) is 16.4 Å². The molecule has 1 amide bonds. The van der Waals surface area contributed by atoms with E-state index in [2.05, 4.69) is 40.1 Å². The van der Waals surface area contributed by atoms with Crippen molar-refractivity contribution in [2.24, 2.45) is 0 Å². The smallest absolute Gasteiger partial charge is 0.244 e. The normalized spacial score (nSPS) is 12.4. The van der Waals surface area contributed by atoms with Gasteiger partial charge in [-0.05, 0) is 72.3 Å². The average molecular weight is 398 g/mol. The van der Waals surface area contributed by atoms with E-state index < -0.39 is 0 Å². The van der Waals surface area contributed by atoms with E-state index in [-0.39, 0.29) is 11.9 Å². The number of thiophene rings is 1. The summed E-state index contributed by atoms with van der Waals surface area (Å²) in [6.07, 6.45) is 5.47. The Labute approximate surface area is 168 Å². The van der Waals surface area contributed by atoms with E-state index in [1.165, 1.54) is 4.90 Å². The van der Waals surface area contributed by atoms with E-state index in [0.29, 0.717) is 6.54 Å². The van der Waals surface area contributed by atoms with Gasteiger partial charge in [0.25, 0.3) is 0 Å². The van der Waals surface area contributed by atoms with Gasteiger partial charge in [0.05, 0.1) is 11.7 Å². The lowest BCUT2D eigenvalue weighted by molar-refractivity contribution is -0.116. The number of thioether (sulfide) groups is 1. The van der Waals surface area contributed by atoms with Gasteiger partial charge in [-0.25, -0.2) is 0 Å². The maximum Gasteiger partial charge on any atom is 0.244 e. The van der Waals surface area contributed by atoms with Gasteiger partial charge in [-0.15, -0.1) is 11.8 Å². The van der Waals surface area contributed by atoms with E-state index in [0.717, 1.165) is 22.5 Å². The summed E-state index contributed by atoms with van der Waals surface area (Å²) in [5.41, 5.74) is 4.23. The van der Waals surface area contributed by atoms with Crippen molar-refractivity contribution in [2.45, 2.75) is 24.8 Å². The molecule has 3 rings (SSSR count). The largest absolute Gasteiger partial charge is 0.350 e. The number of carbonyl (C=O) groups excluding carboxylic acids is 1. The van der Waals surface area contributed by atoms with Gasteiger partial charge in [0, 0.05) is 23.2 Å². The van der Waals surface area contributed by atoms with Crippen molar-refractivity contribution in [3.8, 4) is 0 Å². The second-order valence-corrected chi connectivity index (χ2v) is 7.96. The van der Waals surface area contributed by atoms with Crippen molar-refractivity contribution in [3.63, 3.8) is 0 Å². The van der Waals surface area contributed by atoms with Gasteiger partial charge in [-0.3, -0.25) is 9.48 Å². The van der Waals surface area contributed by atoms with Crippen LogP contribution in [0.3, 0.4) is 0 Å². The van der Waals surface area contributed by atoms with Gasteiger partial charge in [0.1, 0.15) is 0 Å². The molecule has 1 unspecified atom stereocenters. The summed E-state index contributed by atoms with van der Waals surface area (Å²) < 4.78 is 1.99. The number of carbonyl (C=O) groups is 1. The number of nitrogens with zero attached hydrogens (tertiary/aromatic N) is 2. The minimum Gasteiger partial charge on any atom is -0.350 e. The van der Waals surface area contributed by atoms with Crippen LogP contribution in [0.2, 0.25) is 0 Å². The van der Waals surface area contributed by atoms with Crippen LogP contribution in [0.1, 0.15) is 28.6 Å². The van der Waals surface area contributed by atoms with Crippen molar-refractivity contribution in [3.05, 3.63) is 75.7 Å². The standard InChI is InChI=1S/C21H23N3OS2/c1-15-12-16(2)24(23-15)20(18-10-11-27-14-18)13-22-21(25)9-6-17-4-7-19(26-3)8-5-17/h4-12,14,20H,13H2,1-3H3,(H,22,25)/b9-6+. The first-order valence-corrected chi connectivity index (χ1v) is 10.9. The first kappa shape index (κ1) is 19.5. The lowest BCUT2D eigenvalue weighted by atomic mass is 10.1. The summed E-state index contributed by atoms with van der Waals surface area (Å²) in [5, 5.41) is 11.8. The van der Waals surface area contributed by atoms with Crippen molar-refractivity contribution in [1.29, 1.82) is 0 Å². The Morgan fingerprint density at radius 3 is 2.67 bits per heavy atom. The Bertz CT molecular complexity index is 912. The molecule has 0 aliphatic rings. The minimum atomic E-state index is -0.106. The molecule has 0 aliphatic heterocycles. The maximum atomic E-state index is 12.3. The van der Waals surface area contributed by atoms with Crippen LogP contribution >= 0.6 is 23.1 Å². The molecular weight excluding hydrogens is 374 g/mol. The third-order valence-electron chi connectivity index (χ3n) is 4.28. The van der Waals surface area contributed by atoms with Crippen LogP contribution in [-0.4, -0.2) is 28.5 Å². The highest BCUT2D eigenvalue weighted by Crippen LogP contribution is 2.22. The summed E-state index contributed by atoms with van der Waals surface area (Å²) in [7, 11) is 0. The van der Waals surface area contributed by atoms with Crippen LogP contribution in [0, 0.1) is 13.8 Å². The minimum absolute atomic E-state index is 0.0110. The Balaban J connectivity index is 1.67. The molecule has 1 atom stereocenters. The topological polar surface area (TPSA) is 46.9 Å². The zero-order valence-corrected chi connectivity index (χ0v) is 17.3. The molecule has 0 spiro atoms. The van der Waals surface area contributed by atoms with Gasteiger partial charge in [0.15, 0.2) is 0 Å². The first-order chi connectivity index (χ1) is 13.1. The Morgan fingerprint density at radius 2 is 2.07 bits per heavy atom. The molecule has 0 radical (unpaired) electrons. The summed E-state index contributed by atoms with van der Waals surface area (Å²) in [4.78, 5) is 13.5. The van der Waals surface area contributed by atoms with E-state index >= 15 is 0 Å². The highest BCUT2D eigenvalue weighted by atomic mass is 32.2. The van der Waals surface area contributed by atoms with Crippen molar-refractivity contribution < 1.29 is 4.79 Å². The van der Waals surface area contributed by atoms with E-state index in [1.807, 2.05) is 48.4 Å². The first-order valence-electron chi connectivity index (χ1n) is 8.71. The molecule has 4 nitrogen and oxygen atoms in total. The monoisotopic (exact) mass is 397 g/mol. The fourth-order valence-corrected chi connectivity index (χ4v) is 4.03. The fourth-order valence-electron chi connectivity index (χ4n) is 2.91. The average Bonchev–Trinajstić information content (AvgIpc) is 3.31. The van der Waals surface area contributed by atoms with Crippen molar-refractivity contribution >= 4 is 35.1 Å². The number of rotatable bonds is 7. The fraction of sp³-hybridized carbons (Fsp3) is 0.238. The summed E-state index contributed by atoms with van der Waals surface area (Å²) in [6, 6.07) is 12.3. The Kier molecular flexibility index (Phi) is 6.53. The van der Waals surface area contributed by atoms with Gasteiger partial charge in [0.2, 0.25) is 5.91 Å². The van der Waals surface area contributed by atoms with Gasteiger partial charge < -0.3 is 5.32 Å². The molecule has 0 bridgehead atoms. The third-order valence-corrected chi connectivity index (χ3v) is 5.73. The quantitative estimate of drug-likeness (QED) is 0.464. The Morgan fingerprint density at radius 1 is 1.30 bits per heavy atom. The van der Waals surface area contributed by atoms with Crippen LogP contribution in [0.4, 0.5) is 0 Å². The second kappa shape index (κ2) is 9.06. The number of benzene rings is 1. The SMILES string of the molecule is CSc1ccc(/C=C/C(=O)NCC(c2ccsc2)n2nc(C)cc2C)cc1. The van der Waals surface area contributed by atoms with E-state index in [9.17, 15) is 4.79 Å². The summed E-state index contributed by atoms with van der Waals surface area (Å²) in [5.74, 6) is -0.106. The zero-order chi connectivity index (χ0) is 19.2. The van der Waals surface area contributed by atoms with Gasteiger partial charge in [-0.1, -0.05) is 12.1 Å². The number of aryl methyl sites for hydroxylation is 2. The van der Waals surface area contributed by atoms with Crippen LogP contribution in [0.5, 0.6) is 0 Å². The number of amides is 1.